The summed E-state index contributed by atoms with van der Waals surface area (Å²) in [5.74, 6) is 0. The molecule has 0 atom stereocenters. The normalized spacial score (nSPS) is 12.9. The van der Waals surface area contributed by atoms with Gasteiger partial charge in [-0.2, -0.15) is 5.10 Å². The summed E-state index contributed by atoms with van der Waals surface area (Å²) in [5.41, 5.74) is 0.0443. The Labute approximate surface area is 108 Å². The maximum absolute atomic E-state index is 4.24. The van der Waals surface area contributed by atoms with Crippen LogP contribution < -0.4 is 0 Å². The van der Waals surface area contributed by atoms with Crippen molar-refractivity contribution in [1.29, 1.82) is 0 Å². The van der Waals surface area contributed by atoms with Gasteiger partial charge in [-0.3, -0.25) is 0 Å². The molecular formula is C13H21N5. The largest absolute Gasteiger partial charge is 0.332 e. The quantitative estimate of drug-likeness (QED) is 0.815. The second-order valence-electron chi connectivity index (χ2n) is 5.93. The molecule has 0 bridgehead atoms. The average Bonchev–Trinajstić information content (AvgIpc) is 2.99. The number of rotatable bonds is 5. The highest BCUT2D eigenvalue weighted by Gasteiger charge is 2.27. The van der Waals surface area contributed by atoms with Crippen molar-refractivity contribution in [3.05, 3.63) is 31.4 Å². The van der Waals surface area contributed by atoms with E-state index in [4.69, 9.17) is 0 Å². The van der Waals surface area contributed by atoms with Gasteiger partial charge in [-0.05, 0) is 40.5 Å². The van der Waals surface area contributed by atoms with Gasteiger partial charge in [0.25, 0.3) is 0 Å². The maximum atomic E-state index is 4.24. The lowest BCUT2D eigenvalue weighted by molar-refractivity contribution is 0.225. The Bertz CT molecular complexity index is 421. The minimum absolute atomic E-state index is 0.0195. The molecule has 98 valence electrons. The zero-order chi connectivity index (χ0) is 13.2. The summed E-state index contributed by atoms with van der Waals surface area (Å²) >= 11 is 0. The zero-order valence-electron chi connectivity index (χ0n) is 11.5. The Morgan fingerprint density at radius 2 is 1.67 bits per heavy atom. The van der Waals surface area contributed by atoms with Crippen LogP contribution in [0.15, 0.2) is 31.4 Å². The molecule has 2 aromatic heterocycles. The molecule has 0 aromatic carbocycles. The van der Waals surface area contributed by atoms with Crippen molar-refractivity contribution in [3.63, 3.8) is 0 Å². The van der Waals surface area contributed by atoms with Gasteiger partial charge in [-0.25, -0.2) is 14.6 Å². The van der Waals surface area contributed by atoms with Crippen molar-refractivity contribution in [2.24, 2.45) is 0 Å². The smallest absolute Gasteiger partial charge is 0.137 e. The van der Waals surface area contributed by atoms with Crippen molar-refractivity contribution in [2.75, 3.05) is 0 Å². The molecule has 0 aliphatic carbocycles. The molecule has 0 spiro atoms. The molecule has 0 aliphatic rings. The van der Waals surface area contributed by atoms with Gasteiger partial charge in [0.2, 0.25) is 0 Å². The third-order valence-electron chi connectivity index (χ3n) is 3.59. The van der Waals surface area contributed by atoms with Gasteiger partial charge in [-0.15, -0.1) is 0 Å². The lowest BCUT2D eigenvalue weighted by atomic mass is 9.89. The molecule has 2 heterocycles. The number of imidazole rings is 1. The first-order valence-corrected chi connectivity index (χ1v) is 6.25. The van der Waals surface area contributed by atoms with Gasteiger partial charge in [0.05, 0.1) is 11.9 Å². The van der Waals surface area contributed by atoms with E-state index in [1.807, 2.05) is 23.4 Å². The van der Waals surface area contributed by atoms with Crippen LogP contribution in [0.1, 0.15) is 40.5 Å². The summed E-state index contributed by atoms with van der Waals surface area (Å²) in [7, 11) is 0. The van der Waals surface area contributed by atoms with Crippen LogP contribution in [0.2, 0.25) is 0 Å². The molecule has 2 rings (SSSR count). The number of hydrogen-bond acceptors (Lipinski definition) is 3. The van der Waals surface area contributed by atoms with E-state index in [1.54, 1.807) is 12.7 Å². The van der Waals surface area contributed by atoms with Gasteiger partial charge < -0.3 is 4.57 Å². The fraction of sp³-hybridized carbons (Fsp3) is 0.615. The monoisotopic (exact) mass is 247 g/mol. The summed E-state index contributed by atoms with van der Waals surface area (Å²) in [5, 5.41) is 4.24. The zero-order valence-corrected chi connectivity index (χ0v) is 11.5. The molecule has 18 heavy (non-hydrogen) atoms. The van der Waals surface area contributed by atoms with Crippen molar-refractivity contribution >= 4 is 0 Å². The lowest BCUT2D eigenvalue weighted by Gasteiger charge is -2.32. The molecule has 0 N–H and O–H groups in total. The SMILES string of the molecule is CC(C)(CCC(C)(C)n1cncn1)n1ccnc1. The maximum Gasteiger partial charge on any atom is 0.137 e. The molecule has 0 fully saturated rings. The van der Waals surface area contributed by atoms with E-state index in [0.29, 0.717) is 0 Å². The Morgan fingerprint density at radius 3 is 2.22 bits per heavy atom. The first-order chi connectivity index (χ1) is 8.42. The van der Waals surface area contributed by atoms with E-state index in [1.165, 1.54) is 0 Å². The Morgan fingerprint density at radius 1 is 0.944 bits per heavy atom. The Kier molecular flexibility index (Phi) is 3.24. The summed E-state index contributed by atoms with van der Waals surface area (Å²) in [6, 6.07) is 0. The highest BCUT2D eigenvalue weighted by atomic mass is 15.3. The van der Waals surface area contributed by atoms with Gasteiger partial charge in [0, 0.05) is 17.9 Å². The van der Waals surface area contributed by atoms with Crippen molar-refractivity contribution in [1.82, 2.24) is 24.3 Å². The fourth-order valence-corrected chi connectivity index (χ4v) is 1.99. The minimum atomic E-state index is -0.0195. The standard InChI is InChI=1S/C13H21N5/c1-12(2,17-8-7-14-10-17)5-6-13(3,4)18-11-15-9-16-18/h7-11H,5-6H2,1-4H3. The molecule has 0 amide bonds. The van der Waals surface area contributed by atoms with Crippen molar-refractivity contribution in [3.8, 4) is 0 Å². The van der Waals surface area contributed by atoms with Gasteiger partial charge in [0.1, 0.15) is 12.7 Å². The molecule has 5 heteroatoms. The highest BCUT2D eigenvalue weighted by Crippen LogP contribution is 2.28. The predicted octanol–water partition coefficient (Wildman–Crippen LogP) is 2.43. The van der Waals surface area contributed by atoms with Crippen LogP contribution in [0.4, 0.5) is 0 Å². The second kappa shape index (κ2) is 4.55. The van der Waals surface area contributed by atoms with E-state index in [2.05, 4.69) is 47.3 Å². The number of aromatic nitrogens is 5. The van der Waals surface area contributed by atoms with E-state index < -0.39 is 0 Å². The average molecular weight is 247 g/mol. The van der Waals surface area contributed by atoms with Crippen LogP contribution in [-0.4, -0.2) is 24.3 Å². The highest BCUT2D eigenvalue weighted by molar-refractivity contribution is 4.88. The summed E-state index contributed by atoms with van der Waals surface area (Å²) in [6.07, 6.45) is 11.2. The molecular weight excluding hydrogens is 226 g/mol. The molecule has 0 radical (unpaired) electrons. The first kappa shape index (κ1) is 12.8. The minimum Gasteiger partial charge on any atom is -0.332 e. The van der Waals surface area contributed by atoms with Crippen LogP contribution in [0.5, 0.6) is 0 Å². The van der Waals surface area contributed by atoms with Crippen LogP contribution in [0.25, 0.3) is 0 Å². The molecule has 0 saturated heterocycles. The van der Waals surface area contributed by atoms with Crippen LogP contribution >= 0.6 is 0 Å². The van der Waals surface area contributed by atoms with Crippen LogP contribution in [0.3, 0.4) is 0 Å². The Hall–Kier alpha value is -1.65. The third-order valence-corrected chi connectivity index (χ3v) is 3.59. The lowest BCUT2D eigenvalue weighted by Crippen LogP contribution is -2.32. The molecule has 2 aromatic rings. The summed E-state index contributed by atoms with van der Waals surface area (Å²) in [6.45, 7) is 8.83. The van der Waals surface area contributed by atoms with Crippen molar-refractivity contribution in [2.45, 2.75) is 51.6 Å². The summed E-state index contributed by atoms with van der Waals surface area (Å²) in [4.78, 5) is 8.14. The van der Waals surface area contributed by atoms with Gasteiger partial charge in [-0.1, -0.05) is 0 Å². The van der Waals surface area contributed by atoms with E-state index in [-0.39, 0.29) is 11.1 Å². The molecule has 0 unspecified atom stereocenters. The van der Waals surface area contributed by atoms with E-state index >= 15 is 0 Å². The Balaban J connectivity index is 2.03. The number of nitrogens with zero attached hydrogens (tertiary/aromatic N) is 5. The fourth-order valence-electron chi connectivity index (χ4n) is 1.99. The number of hydrogen-bond donors (Lipinski definition) is 0. The second-order valence-corrected chi connectivity index (χ2v) is 5.93. The molecule has 0 saturated carbocycles. The van der Waals surface area contributed by atoms with Crippen LogP contribution in [-0.2, 0) is 11.1 Å². The first-order valence-electron chi connectivity index (χ1n) is 6.25. The van der Waals surface area contributed by atoms with Gasteiger partial charge >= 0.3 is 0 Å². The topological polar surface area (TPSA) is 48.5 Å². The predicted molar refractivity (Wildman–Crippen MR) is 70.1 cm³/mol. The van der Waals surface area contributed by atoms with E-state index in [0.717, 1.165) is 12.8 Å². The van der Waals surface area contributed by atoms with E-state index in [9.17, 15) is 0 Å². The van der Waals surface area contributed by atoms with Crippen LogP contribution in [0, 0.1) is 0 Å². The van der Waals surface area contributed by atoms with Crippen molar-refractivity contribution < 1.29 is 0 Å². The van der Waals surface area contributed by atoms with Gasteiger partial charge in [0.15, 0.2) is 0 Å². The summed E-state index contributed by atoms with van der Waals surface area (Å²) < 4.78 is 4.08. The molecule has 5 nitrogen and oxygen atoms in total. The molecule has 0 aliphatic heterocycles. The third kappa shape index (κ3) is 2.60.